The average Bonchev–Trinajstić information content (AvgIpc) is 2.88. The first-order valence-electron chi connectivity index (χ1n) is 13.3. The van der Waals surface area contributed by atoms with Gasteiger partial charge in [0.2, 0.25) is 5.91 Å². The highest BCUT2D eigenvalue weighted by molar-refractivity contribution is 5.93. The van der Waals surface area contributed by atoms with Crippen molar-refractivity contribution < 1.29 is 34.4 Å². The third-order valence-electron chi connectivity index (χ3n) is 8.32. The van der Waals surface area contributed by atoms with Gasteiger partial charge in [-0.1, -0.05) is 36.8 Å². The van der Waals surface area contributed by atoms with Crippen molar-refractivity contribution in [1.29, 1.82) is 0 Å². The Hall–Kier alpha value is -3.47. The zero-order valence-electron chi connectivity index (χ0n) is 22.1. The number of methoxy groups -OCH3 is 1. The molecule has 2 bridgehead atoms. The molecule has 2 aromatic rings. The van der Waals surface area contributed by atoms with Crippen LogP contribution in [-0.2, 0) is 19.9 Å². The number of aliphatic hydroxyl groups is 1. The number of primary amides is 1. The SMILES string of the molecule is COC1(c2cccc(C(N)=O)c2)C2CCCC1CN(C1CN(c3ccccc3)C1)C2.O=C(O)C[C@H](O)C(=O)O. The standard InChI is InChI=1S/C25H31N3O2.C4H6O5/c1-30-25(19-8-5-7-18(13-19)24(26)29)20-9-6-10-21(25)15-27(14-20)23-16-28(17-23)22-11-3-2-4-12-22;5-2(4(8)9)1-3(6)7/h2-5,7-8,11-13,20-21,23H,6,9-10,14-17H2,1H3,(H2,26,29);2,5H,1H2,(H,6,7)(H,8,9)/t;2-/m.0/s1. The van der Waals surface area contributed by atoms with E-state index in [1.165, 1.54) is 12.1 Å². The summed E-state index contributed by atoms with van der Waals surface area (Å²) in [7, 11) is 1.85. The molecule has 5 rings (SSSR count). The Kier molecular flexibility index (Phi) is 8.89. The zero-order chi connectivity index (χ0) is 28.2. The van der Waals surface area contributed by atoms with Gasteiger partial charge in [-0.25, -0.2) is 4.79 Å². The van der Waals surface area contributed by atoms with Crippen molar-refractivity contribution in [2.45, 2.75) is 43.4 Å². The van der Waals surface area contributed by atoms with Crippen LogP contribution in [0.4, 0.5) is 5.69 Å². The molecule has 2 unspecified atom stereocenters. The summed E-state index contributed by atoms with van der Waals surface area (Å²) >= 11 is 0. The van der Waals surface area contributed by atoms with Crippen LogP contribution in [0, 0.1) is 11.8 Å². The fraction of sp³-hybridized carbons (Fsp3) is 0.483. The topological polar surface area (TPSA) is 154 Å². The molecule has 3 fully saturated rings. The number of para-hydroxylation sites is 1. The summed E-state index contributed by atoms with van der Waals surface area (Å²) in [5.41, 5.74) is 8.26. The molecule has 2 aliphatic heterocycles. The summed E-state index contributed by atoms with van der Waals surface area (Å²) in [6, 6.07) is 19.1. The van der Waals surface area contributed by atoms with E-state index in [0.717, 1.165) is 44.6 Å². The van der Waals surface area contributed by atoms with Crippen molar-refractivity contribution in [3.05, 3.63) is 65.7 Å². The molecule has 2 saturated heterocycles. The van der Waals surface area contributed by atoms with E-state index in [1.54, 1.807) is 6.07 Å². The van der Waals surface area contributed by atoms with Gasteiger partial charge in [0.15, 0.2) is 6.10 Å². The largest absolute Gasteiger partial charge is 0.481 e. The van der Waals surface area contributed by atoms with Crippen LogP contribution in [0.5, 0.6) is 0 Å². The van der Waals surface area contributed by atoms with Crippen LogP contribution in [0.1, 0.15) is 41.6 Å². The molecular formula is C29H37N3O7. The molecule has 5 N–H and O–H groups in total. The van der Waals surface area contributed by atoms with Crippen LogP contribution in [-0.4, -0.2) is 83.5 Å². The van der Waals surface area contributed by atoms with Crippen molar-refractivity contribution in [1.82, 2.24) is 4.90 Å². The number of amides is 1. The Morgan fingerprint density at radius 1 is 1.00 bits per heavy atom. The van der Waals surface area contributed by atoms with Gasteiger partial charge in [-0.2, -0.15) is 0 Å². The number of aliphatic carboxylic acids is 2. The van der Waals surface area contributed by atoms with Gasteiger partial charge in [-0.05, 0) is 42.7 Å². The molecule has 1 amide bonds. The maximum Gasteiger partial charge on any atom is 0.333 e. The van der Waals surface area contributed by atoms with Crippen LogP contribution in [0.2, 0.25) is 0 Å². The quantitative estimate of drug-likeness (QED) is 0.395. The van der Waals surface area contributed by atoms with Crippen molar-refractivity contribution in [3.8, 4) is 0 Å². The molecule has 0 radical (unpaired) electrons. The van der Waals surface area contributed by atoms with Crippen molar-refractivity contribution in [2.24, 2.45) is 17.6 Å². The monoisotopic (exact) mass is 539 g/mol. The van der Waals surface area contributed by atoms with Gasteiger partial charge >= 0.3 is 11.9 Å². The van der Waals surface area contributed by atoms with Crippen LogP contribution in [0.15, 0.2) is 54.6 Å². The molecule has 3 aliphatic rings. The van der Waals surface area contributed by atoms with Crippen LogP contribution in [0.3, 0.4) is 0 Å². The number of aliphatic hydroxyl groups excluding tert-OH is 1. The number of carbonyl (C=O) groups is 3. The molecular weight excluding hydrogens is 502 g/mol. The molecule has 1 aliphatic carbocycles. The lowest BCUT2D eigenvalue weighted by Gasteiger charge is -2.59. The van der Waals surface area contributed by atoms with Gasteiger partial charge in [0, 0.05) is 62.4 Å². The lowest BCUT2D eigenvalue weighted by atomic mass is 9.62. The van der Waals surface area contributed by atoms with Crippen LogP contribution < -0.4 is 10.6 Å². The maximum atomic E-state index is 11.8. The zero-order valence-corrected chi connectivity index (χ0v) is 22.1. The fourth-order valence-corrected chi connectivity index (χ4v) is 6.39. The number of benzene rings is 2. The second-order valence-corrected chi connectivity index (χ2v) is 10.6. The number of carboxylic acids is 2. The molecule has 0 spiro atoms. The number of piperidine rings is 1. The third kappa shape index (κ3) is 6.08. The van der Waals surface area contributed by atoms with E-state index < -0.39 is 24.5 Å². The van der Waals surface area contributed by atoms with Crippen LogP contribution in [0.25, 0.3) is 0 Å². The highest BCUT2D eigenvalue weighted by atomic mass is 16.5. The van der Waals surface area contributed by atoms with Gasteiger partial charge < -0.3 is 30.7 Å². The number of likely N-dealkylation sites (tertiary alicyclic amines) is 1. The Morgan fingerprint density at radius 2 is 1.64 bits per heavy atom. The van der Waals surface area contributed by atoms with E-state index in [2.05, 4.69) is 46.2 Å². The van der Waals surface area contributed by atoms with Gasteiger partial charge in [0.05, 0.1) is 6.42 Å². The minimum atomic E-state index is -1.79. The second kappa shape index (κ2) is 12.1. The highest BCUT2D eigenvalue weighted by Gasteiger charge is 2.54. The predicted octanol–water partition coefficient (Wildman–Crippen LogP) is 2.15. The summed E-state index contributed by atoms with van der Waals surface area (Å²) in [6.07, 6.45) is 1.04. The number of carbonyl (C=O) groups excluding carboxylic acids is 1. The smallest absolute Gasteiger partial charge is 0.333 e. The number of hydrogen-bond donors (Lipinski definition) is 4. The number of fused-ring (bicyclic) bond motifs is 2. The van der Waals surface area contributed by atoms with E-state index in [-0.39, 0.29) is 11.5 Å². The molecule has 10 nitrogen and oxygen atoms in total. The van der Waals surface area contributed by atoms with Gasteiger partial charge in [0.25, 0.3) is 0 Å². The minimum Gasteiger partial charge on any atom is -0.481 e. The Bertz CT molecular complexity index is 1150. The molecule has 3 atom stereocenters. The number of nitrogens with two attached hydrogens (primary N) is 1. The summed E-state index contributed by atoms with van der Waals surface area (Å²) in [5, 5.41) is 24.1. The Morgan fingerprint density at radius 3 is 2.15 bits per heavy atom. The highest BCUT2D eigenvalue weighted by Crippen LogP contribution is 2.52. The number of carboxylic acid groups (broad SMARTS) is 2. The first-order valence-corrected chi connectivity index (χ1v) is 13.3. The third-order valence-corrected chi connectivity index (χ3v) is 8.32. The van der Waals surface area contributed by atoms with Gasteiger partial charge in [0.1, 0.15) is 5.60 Å². The van der Waals surface area contributed by atoms with Crippen LogP contribution >= 0.6 is 0 Å². The van der Waals surface area contributed by atoms with E-state index in [1.807, 2.05) is 19.2 Å². The first-order chi connectivity index (χ1) is 18.6. The minimum absolute atomic E-state index is 0.316. The normalized spacial score (nSPS) is 25.5. The molecule has 2 aromatic carbocycles. The van der Waals surface area contributed by atoms with E-state index in [9.17, 15) is 14.4 Å². The van der Waals surface area contributed by atoms with Crippen molar-refractivity contribution >= 4 is 23.5 Å². The number of hydrogen-bond acceptors (Lipinski definition) is 7. The lowest BCUT2D eigenvalue weighted by Crippen LogP contribution is -2.67. The maximum absolute atomic E-state index is 11.8. The lowest BCUT2D eigenvalue weighted by molar-refractivity contribution is -0.175. The van der Waals surface area contributed by atoms with E-state index in [0.29, 0.717) is 23.4 Å². The van der Waals surface area contributed by atoms with E-state index in [4.69, 9.17) is 25.8 Å². The predicted molar refractivity (Wildman–Crippen MR) is 144 cm³/mol. The molecule has 210 valence electrons. The van der Waals surface area contributed by atoms with E-state index >= 15 is 0 Å². The summed E-state index contributed by atoms with van der Waals surface area (Å²) in [6.45, 7) is 4.30. The summed E-state index contributed by atoms with van der Waals surface area (Å²) in [4.78, 5) is 36.4. The number of anilines is 1. The molecule has 39 heavy (non-hydrogen) atoms. The Balaban J connectivity index is 0.000000340. The van der Waals surface area contributed by atoms with Gasteiger partial charge in [-0.3, -0.25) is 14.5 Å². The van der Waals surface area contributed by atoms with Crippen molar-refractivity contribution in [2.75, 3.05) is 38.2 Å². The van der Waals surface area contributed by atoms with Gasteiger partial charge in [-0.15, -0.1) is 0 Å². The number of ether oxygens (including phenoxy) is 1. The summed E-state index contributed by atoms with van der Waals surface area (Å²) in [5.74, 6) is -2.35. The first kappa shape index (κ1) is 28.5. The fourth-order valence-electron chi connectivity index (χ4n) is 6.39. The molecule has 2 heterocycles. The molecule has 1 saturated carbocycles. The molecule has 10 heteroatoms. The number of nitrogens with zero attached hydrogens (tertiary/aromatic N) is 2. The van der Waals surface area contributed by atoms with Crippen molar-refractivity contribution in [3.63, 3.8) is 0 Å². The summed E-state index contributed by atoms with van der Waals surface area (Å²) < 4.78 is 6.35. The average molecular weight is 540 g/mol. The number of rotatable bonds is 8. The molecule has 0 aromatic heterocycles. The Labute approximate surface area is 228 Å². The second-order valence-electron chi connectivity index (χ2n) is 10.6.